The molecule has 0 spiro atoms. The summed E-state index contributed by atoms with van der Waals surface area (Å²) >= 11 is 4.50. The molecule has 1 aromatic heterocycles. The molecule has 0 aliphatic heterocycles. The predicted molar refractivity (Wildman–Crippen MR) is 39.8 cm³/mol. The van der Waals surface area contributed by atoms with Gasteiger partial charge in [0.1, 0.15) is 9.48 Å². The Morgan fingerprint density at radius 2 is 2.56 bits per heavy atom. The number of carbonyl (C=O) groups is 1. The first-order chi connectivity index (χ1) is 4.22. The predicted octanol–water partition coefficient (Wildman–Crippen LogP) is 2.11. The minimum Gasteiger partial charge on any atom is -0.293 e. The molecule has 1 heterocycles. The molecule has 0 aliphatic carbocycles. The van der Waals surface area contributed by atoms with E-state index in [1.807, 2.05) is 0 Å². The van der Waals surface area contributed by atoms with Gasteiger partial charge in [0.15, 0.2) is 5.78 Å². The molecule has 0 aliphatic rings. The summed E-state index contributed by atoms with van der Waals surface area (Å²) in [5, 5.41) is 0. The van der Waals surface area contributed by atoms with E-state index in [2.05, 4.69) is 20.9 Å². The van der Waals surface area contributed by atoms with E-state index < -0.39 is 0 Å². The monoisotopic (exact) mass is 205 g/mol. The molecule has 0 fully saturated rings. The number of aromatic nitrogens is 1. The average molecular weight is 206 g/mol. The van der Waals surface area contributed by atoms with Crippen molar-refractivity contribution in [1.29, 1.82) is 0 Å². The zero-order chi connectivity index (χ0) is 6.85. The minimum atomic E-state index is 0.0596. The molecule has 9 heavy (non-hydrogen) atoms. The van der Waals surface area contributed by atoms with Crippen LogP contribution in [-0.2, 0) is 0 Å². The third-order valence-corrected chi connectivity index (χ3v) is 2.63. The lowest BCUT2D eigenvalue weighted by molar-refractivity contribution is 0.102. The van der Waals surface area contributed by atoms with Crippen molar-refractivity contribution in [3.63, 3.8) is 0 Å². The highest BCUT2D eigenvalue weighted by Gasteiger charge is 2.05. The van der Waals surface area contributed by atoms with Crippen LogP contribution in [0.2, 0.25) is 0 Å². The summed E-state index contributed by atoms with van der Waals surface area (Å²) in [5.41, 5.74) is 1.64. The summed E-state index contributed by atoms with van der Waals surface area (Å²) in [4.78, 5) is 15.2. The van der Waals surface area contributed by atoms with Gasteiger partial charge >= 0.3 is 0 Å². The second-order valence-corrected chi connectivity index (χ2v) is 3.13. The molecule has 2 nitrogen and oxygen atoms in total. The van der Waals surface area contributed by atoms with E-state index in [1.165, 1.54) is 18.3 Å². The molecule has 0 N–H and O–H groups in total. The van der Waals surface area contributed by atoms with Crippen molar-refractivity contribution in [2.75, 3.05) is 0 Å². The molecule has 48 valence electrons. The number of rotatable bonds is 1. The van der Waals surface area contributed by atoms with Gasteiger partial charge in [0.05, 0.1) is 5.51 Å². The van der Waals surface area contributed by atoms with E-state index in [4.69, 9.17) is 0 Å². The van der Waals surface area contributed by atoms with Crippen molar-refractivity contribution in [1.82, 2.24) is 4.98 Å². The van der Waals surface area contributed by atoms with Crippen LogP contribution < -0.4 is 0 Å². The standard InChI is InChI=1S/C5H4BrNOS/c1-3(8)4-5(6)7-2-9-4/h2H,1H3. The molecule has 4 heteroatoms. The molecular formula is C5H4BrNOS. The quantitative estimate of drug-likeness (QED) is 0.658. The number of ketones is 1. The smallest absolute Gasteiger partial charge is 0.172 e. The van der Waals surface area contributed by atoms with Crippen LogP contribution in [0.15, 0.2) is 10.1 Å². The number of hydrogen-bond acceptors (Lipinski definition) is 3. The van der Waals surface area contributed by atoms with Gasteiger partial charge in [0.2, 0.25) is 0 Å². The summed E-state index contributed by atoms with van der Waals surface area (Å²) in [6.07, 6.45) is 0. The van der Waals surface area contributed by atoms with Gasteiger partial charge in [-0.15, -0.1) is 11.3 Å². The van der Waals surface area contributed by atoms with E-state index >= 15 is 0 Å². The second kappa shape index (κ2) is 2.58. The van der Waals surface area contributed by atoms with Crippen molar-refractivity contribution in [2.45, 2.75) is 6.92 Å². The lowest BCUT2D eigenvalue weighted by atomic mass is 10.4. The molecule has 0 radical (unpaired) electrons. The third-order valence-electron chi connectivity index (χ3n) is 0.844. The van der Waals surface area contributed by atoms with Crippen molar-refractivity contribution in [3.8, 4) is 0 Å². The number of thiazole rings is 1. The molecule has 0 unspecified atom stereocenters. The topological polar surface area (TPSA) is 30.0 Å². The average Bonchev–Trinajstić information content (AvgIpc) is 2.13. The molecular weight excluding hydrogens is 202 g/mol. The maximum atomic E-state index is 10.7. The molecule has 1 aromatic rings. The molecule has 0 aromatic carbocycles. The summed E-state index contributed by atoms with van der Waals surface area (Å²) in [6.45, 7) is 1.53. The van der Waals surface area contributed by atoms with Gasteiger partial charge in [-0.3, -0.25) is 4.79 Å². The molecule has 1 rings (SSSR count). The third kappa shape index (κ3) is 1.37. The van der Waals surface area contributed by atoms with Crippen LogP contribution >= 0.6 is 27.3 Å². The Hall–Kier alpha value is -0.220. The molecule has 0 saturated carbocycles. The van der Waals surface area contributed by atoms with Gasteiger partial charge in [0.25, 0.3) is 0 Å². The van der Waals surface area contributed by atoms with Crippen molar-refractivity contribution in [2.24, 2.45) is 0 Å². The molecule has 0 amide bonds. The largest absolute Gasteiger partial charge is 0.293 e. The maximum Gasteiger partial charge on any atom is 0.172 e. The second-order valence-electron chi connectivity index (χ2n) is 1.53. The summed E-state index contributed by atoms with van der Waals surface area (Å²) in [7, 11) is 0. The van der Waals surface area contributed by atoms with E-state index in [1.54, 1.807) is 5.51 Å². The summed E-state index contributed by atoms with van der Waals surface area (Å²) < 4.78 is 0.653. The Labute approximate surface area is 65.1 Å². The van der Waals surface area contributed by atoms with Crippen LogP contribution in [0.1, 0.15) is 16.6 Å². The first-order valence-corrected chi connectivity index (χ1v) is 3.99. The maximum absolute atomic E-state index is 10.7. The number of carbonyl (C=O) groups excluding carboxylic acids is 1. The van der Waals surface area contributed by atoms with E-state index in [0.717, 1.165) is 0 Å². The molecule has 0 atom stereocenters. The van der Waals surface area contributed by atoms with Gasteiger partial charge in [-0.25, -0.2) is 4.98 Å². The van der Waals surface area contributed by atoms with Crippen molar-refractivity contribution in [3.05, 3.63) is 15.0 Å². The van der Waals surface area contributed by atoms with E-state index in [9.17, 15) is 4.79 Å². The highest BCUT2D eigenvalue weighted by atomic mass is 79.9. The van der Waals surface area contributed by atoms with Crippen LogP contribution in [0.4, 0.5) is 0 Å². The first-order valence-electron chi connectivity index (χ1n) is 2.31. The van der Waals surface area contributed by atoms with Crippen molar-refractivity contribution < 1.29 is 4.79 Å². The Bertz CT molecular complexity index is 233. The summed E-state index contributed by atoms with van der Waals surface area (Å²) in [6, 6.07) is 0. The molecule has 0 bridgehead atoms. The number of nitrogens with zero attached hydrogens (tertiary/aromatic N) is 1. The van der Waals surface area contributed by atoms with Crippen molar-refractivity contribution >= 4 is 33.0 Å². The SMILES string of the molecule is CC(=O)c1scnc1Br. The lowest BCUT2D eigenvalue weighted by Crippen LogP contribution is -1.86. The van der Waals surface area contributed by atoms with Crippen LogP contribution in [0.3, 0.4) is 0 Å². The van der Waals surface area contributed by atoms with Gasteiger partial charge in [-0.05, 0) is 15.9 Å². The zero-order valence-corrected chi connectivity index (χ0v) is 7.12. The van der Waals surface area contributed by atoms with E-state index in [0.29, 0.717) is 9.48 Å². The van der Waals surface area contributed by atoms with Crippen LogP contribution in [-0.4, -0.2) is 10.8 Å². The van der Waals surface area contributed by atoms with Crippen LogP contribution in [0.25, 0.3) is 0 Å². The minimum absolute atomic E-state index is 0.0596. The van der Waals surface area contributed by atoms with Crippen LogP contribution in [0.5, 0.6) is 0 Å². The summed E-state index contributed by atoms with van der Waals surface area (Å²) in [5.74, 6) is 0.0596. The fourth-order valence-corrected chi connectivity index (χ4v) is 1.84. The molecule has 0 saturated heterocycles. The van der Waals surface area contributed by atoms with Gasteiger partial charge in [0, 0.05) is 6.92 Å². The highest BCUT2D eigenvalue weighted by Crippen LogP contribution is 2.18. The van der Waals surface area contributed by atoms with Gasteiger partial charge in [-0.2, -0.15) is 0 Å². The Kier molecular flexibility index (Phi) is 1.97. The highest BCUT2D eigenvalue weighted by molar-refractivity contribution is 9.10. The fourth-order valence-electron chi connectivity index (χ4n) is 0.461. The zero-order valence-electron chi connectivity index (χ0n) is 4.72. The lowest BCUT2D eigenvalue weighted by Gasteiger charge is -1.83. The Morgan fingerprint density at radius 1 is 1.89 bits per heavy atom. The number of halogens is 1. The van der Waals surface area contributed by atoms with E-state index in [-0.39, 0.29) is 5.78 Å². The number of hydrogen-bond donors (Lipinski definition) is 0. The Morgan fingerprint density at radius 3 is 2.78 bits per heavy atom. The normalized spacial score (nSPS) is 9.56. The Balaban J connectivity index is 3.08. The first kappa shape index (κ1) is 6.89. The van der Waals surface area contributed by atoms with Gasteiger partial charge < -0.3 is 0 Å². The fraction of sp³-hybridized carbons (Fsp3) is 0.200. The van der Waals surface area contributed by atoms with Crippen LogP contribution in [0, 0.1) is 0 Å². The number of Topliss-reactive ketones (excluding diaryl/α,β-unsaturated/α-hetero) is 1. The van der Waals surface area contributed by atoms with Gasteiger partial charge in [-0.1, -0.05) is 0 Å².